The molecule has 1 aromatic heterocycles. The highest BCUT2D eigenvalue weighted by molar-refractivity contribution is 7.79. The molecule has 28 heavy (non-hydrogen) atoms. The molecule has 0 amide bonds. The van der Waals surface area contributed by atoms with E-state index in [1.165, 1.54) is 0 Å². The predicted molar refractivity (Wildman–Crippen MR) is 121 cm³/mol. The van der Waals surface area contributed by atoms with Gasteiger partial charge in [0.25, 0.3) is 0 Å². The molecule has 3 aromatic carbocycles. The molecule has 0 saturated heterocycles. The number of aliphatic imine (C=N–C) groups is 1. The van der Waals surface area contributed by atoms with Gasteiger partial charge in [0.05, 0.1) is 0 Å². The minimum absolute atomic E-state index is 0.486. The van der Waals surface area contributed by atoms with Crippen LogP contribution in [0.25, 0.3) is 0 Å². The van der Waals surface area contributed by atoms with Crippen LogP contribution in [0.1, 0.15) is 16.2 Å². The van der Waals surface area contributed by atoms with Crippen LogP contribution >= 0.6 is 18.5 Å². The normalized spacial score (nSPS) is 12.9. The SMILES string of the molecule is O=P(c1ccccc1)(c1ccccc1)C(N=Cc1cccs1)c1ccccc1. The van der Waals surface area contributed by atoms with E-state index < -0.39 is 12.9 Å². The Kier molecular flexibility index (Phi) is 5.66. The molecule has 4 heteroatoms. The highest BCUT2D eigenvalue weighted by Crippen LogP contribution is 2.57. The average molecular weight is 401 g/mol. The number of hydrogen-bond donors (Lipinski definition) is 0. The lowest BCUT2D eigenvalue weighted by Gasteiger charge is -2.26. The van der Waals surface area contributed by atoms with Crippen LogP contribution in [0.2, 0.25) is 0 Å². The second-order valence-corrected chi connectivity index (χ2v) is 10.2. The van der Waals surface area contributed by atoms with Crippen molar-refractivity contribution in [2.75, 3.05) is 0 Å². The Bertz CT molecular complexity index is 1030. The van der Waals surface area contributed by atoms with Crippen molar-refractivity contribution in [3.63, 3.8) is 0 Å². The standard InChI is InChI=1S/C24H20NOPS/c26-27(21-13-6-2-7-14-21,22-15-8-3-9-16-22)24(20-11-4-1-5-12-20)25-19-23-17-10-18-28-23/h1-19,24H. The average Bonchev–Trinajstić information content (AvgIpc) is 3.29. The number of benzene rings is 3. The molecule has 0 aliphatic carbocycles. The van der Waals surface area contributed by atoms with Gasteiger partial charge in [-0.25, -0.2) is 0 Å². The van der Waals surface area contributed by atoms with Gasteiger partial charge in [0.1, 0.15) is 5.78 Å². The first-order valence-electron chi connectivity index (χ1n) is 9.11. The maximum atomic E-state index is 14.8. The van der Waals surface area contributed by atoms with Crippen molar-refractivity contribution in [2.45, 2.75) is 5.78 Å². The molecule has 0 saturated carbocycles. The second-order valence-electron chi connectivity index (χ2n) is 6.41. The van der Waals surface area contributed by atoms with E-state index in [2.05, 4.69) is 0 Å². The van der Waals surface area contributed by atoms with Gasteiger partial charge in [0.2, 0.25) is 0 Å². The van der Waals surface area contributed by atoms with E-state index in [1.807, 2.05) is 115 Å². The summed E-state index contributed by atoms with van der Waals surface area (Å²) in [5.41, 5.74) is 0.950. The topological polar surface area (TPSA) is 29.4 Å². The van der Waals surface area contributed by atoms with E-state index in [0.717, 1.165) is 21.0 Å². The van der Waals surface area contributed by atoms with E-state index in [-0.39, 0.29) is 0 Å². The maximum absolute atomic E-state index is 14.8. The van der Waals surface area contributed by atoms with E-state index in [1.54, 1.807) is 11.3 Å². The van der Waals surface area contributed by atoms with Crippen LogP contribution in [-0.2, 0) is 4.57 Å². The molecular formula is C24H20NOPS. The minimum atomic E-state index is -3.07. The fourth-order valence-corrected chi connectivity index (χ4v) is 6.79. The first-order chi connectivity index (χ1) is 13.8. The Morgan fingerprint density at radius 1 is 0.714 bits per heavy atom. The van der Waals surface area contributed by atoms with Crippen molar-refractivity contribution in [3.8, 4) is 0 Å². The Labute approximate surface area is 169 Å². The minimum Gasteiger partial charge on any atom is -0.311 e. The summed E-state index contributed by atoms with van der Waals surface area (Å²) in [5.74, 6) is -0.486. The zero-order chi connectivity index (χ0) is 19.2. The quantitative estimate of drug-likeness (QED) is 0.293. The van der Waals surface area contributed by atoms with Crippen LogP contribution in [-0.4, -0.2) is 6.21 Å². The molecule has 0 fully saturated rings. The lowest BCUT2D eigenvalue weighted by molar-refractivity contribution is 0.579. The van der Waals surface area contributed by atoms with E-state index in [0.29, 0.717) is 0 Å². The first-order valence-corrected chi connectivity index (χ1v) is 11.8. The van der Waals surface area contributed by atoms with Gasteiger partial charge in [0.15, 0.2) is 7.14 Å². The molecule has 1 atom stereocenters. The molecule has 0 N–H and O–H groups in total. The molecular weight excluding hydrogens is 381 g/mol. The van der Waals surface area contributed by atoms with Gasteiger partial charge in [-0.15, -0.1) is 11.3 Å². The summed E-state index contributed by atoms with van der Waals surface area (Å²) >= 11 is 1.62. The molecule has 1 heterocycles. The van der Waals surface area contributed by atoms with Crippen molar-refractivity contribution >= 4 is 35.3 Å². The lowest BCUT2D eigenvalue weighted by atomic mass is 10.2. The van der Waals surface area contributed by atoms with Crippen LogP contribution in [0.4, 0.5) is 0 Å². The molecule has 1 unspecified atom stereocenters. The third-order valence-electron chi connectivity index (χ3n) is 4.61. The van der Waals surface area contributed by atoms with Crippen LogP contribution in [0.15, 0.2) is 114 Å². The van der Waals surface area contributed by atoms with Gasteiger partial charge >= 0.3 is 0 Å². The number of thiophene rings is 1. The Morgan fingerprint density at radius 2 is 1.25 bits per heavy atom. The summed E-state index contributed by atoms with van der Waals surface area (Å²) in [5, 5.41) is 3.66. The summed E-state index contributed by atoms with van der Waals surface area (Å²) in [6.07, 6.45) is 1.85. The summed E-state index contributed by atoms with van der Waals surface area (Å²) in [4.78, 5) is 5.93. The fraction of sp³-hybridized carbons (Fsp3) is 0.0417. The van der Waals surface area contributed by atoms with Gasteiger partial charge in [-0.3, -0.25) is 4.99 Å². The summed E-state index contributed by atoms with van der Waals surface area (Å²) < 4.78 is 14.8. The summed E-state index contributed by atoms with van der Waals surface area (Å²) in [7, 11) is -3.07. The second kappa shape index (κ2) is 8.52. The molecule has 0 aliphatic heterocycles. The molecule has 0 aliphatic rings. The number of nitrogens with zero attached hydrogens (tertiary/aromatic N) is 1. The van der Waals surface area contributed by atoms with Gasteiger partial charge in [-0.05, 0) is 17.0 Å². The van der Waals surface area contributed by atoms with Gasteiger partial charge in [0, 0.05) is 21.7 Å². The van der Waals surface area contributed by atoms with Gasteiger partial charge in [-0.1, -0.05) is 97.1 Å². The van der Waals surface area contributed by atoms with Crippen molar-refractivity contribution in [1.29, 1.82) is 0 Å². The zero-order valence-corrected chi connectivity index (χ0v) is 17.0. The van der Waals surface area contributed by atoms with Crippen LogP contribution in [0.3, 0.4) is 0 Å². The number of rotatable bonds is 6. The number of hydrogen-bond acceptors (Lipinski definition) is 3. The van der Waals surface area contributed by atoms with Crippen molar-refractivity contribution in [3.05, 3.63) is 119 Å². The Hall–Kier alpha value is -2.74. The molecule has 138 valence electrons. The third kappa shape index (κ3) is 3.77. The van der Waals surface area contributed by atoms with Crippen molar-refractivity contribution < 1.29 is 4.57 Å². The molecule has 0 radical (unpaired) electrons. The highest BCUT2D eigenvalue weighted by Gasteiger charge is 2.37. The van der Waals surface area contributed by atoms with Crippen LogP contribution in [0, 0.1) is 0 Å². The van der Waals surface area contributed by atoms with Crippen molar-refractivity contribution in [2.24, 2.45) is 4.99 Å². The highest BCUT2D eigenvalue weighted by atomic mass is 32.1. The van der Waals surface area contributed by atoms with E-state index >= 15 is 0 Å². The van der Waals surface area contributed by atoms with Crippen molar-refractivity contribution in [1.82, 2.24) is 0 Å². The zero-order valence-electron chi connectivity index (χ0n) is 15.3. The maximum Gasteiger partial charge on any atom is 0.170 e. The smallest absolute Gasteiger partial charge is 0.170 e. The van der Waals surface area contributed by atoms with E-state index in [4.69, 9.17) is 4.99 Å². The fourth-order valence-electron chi connectivity index (χ4n) is 3.25. The largest absolute Gasteiger partial charge is 0.311 e. The predicted octanol–water partition coefficient (Wildman–Crippen LogP) is 5.88. The first kappa shape index (κ1) is 18.6. The van der Waals surface area contributed by atoms with Gasteiger partial charge in [-0.2, -0.15) is 0 Å². The van der Waals surface area contributed by atoms with Crippen LogP contribution in [0.5, 0.6) is 0 Å². The van der Waals surface area contributed by atoms with Crippen LogP contribution < -0.4 is 10.6 Å². The summed E-state index contributed by atoms with van der Waals surface area (Å²) in [6, 6.07) is 33.4. The lowest BCUT2D eigenvalue weighted by Crippen LogP contribution is -2.20. The summed E-state index contributed by atoms with van der Waals surface area (Å²) in [6.45, 7) is 0. The molecule has 0 bridgehead atoms. The molecule has 2 nitrogen and oxygen atoms in total. The molecule has 4 aromatic rings. The monoisotopic (exact) mass is 401 g/mol. The molecule has 4 rings (SSSR count). The molecule has 0 spiro atoms. The Morgan fingerprint density at radius 3 is 1.75 bits per heavy atom. The Balaban J connectivity index is 1.92. The third-order valence-corrected chi connectivity index (χ3v) is 8.67. The van der Waals surface area contributed by atoms with Gasteiger partial charge < -0.3 is 4.57 Å². The van der Waals surface area contributed by atoms with E-state index in [9.17, 15) is 4.57 Å².